The van der Waals surface area contributed by atoms with Crippen molar-refractivity contribution in [3.05, 3.63) is 54.1 Å². The first-order valence-electron chi connectivity index (χ1n) is 6.25. The molecule has 1 aromatic carbocycles. The number of nitrogens with one attached hydrogen (secondary N) is 1. The maximum absolute atomic E-state index is 12.9. The van der Waals surface area contributed by atoms with E-state index in [1.807, 2.05) is 12.1 Å². The van der Waals surface area contributed by atoms with Crippen molar-refractivity contribution in [2.24, 2.45) is 0 Å². The Kier molecular flexibility index (Phi) is 4.80. The number of hydrogen-bond donors (Lipinski definition) is 1. The zero-order chi connectivity index (χ0) is 13.7. The molecule has 1 atom stereocenters. The van der Waals surface area contributed by atoms with Crippen LogP contribution in [0.3, 0.4) is 0 Å². The normalized spacial score (nSPS) is 12.2. The van der Waals surface area contributed by atoms with Gasteiger partial charge in [0.1, 0.15) is 5.82 Å². The van der Waals surface area contributed by atoms with E-state index in [2.05, 4.69) is 35.6 Å². The Morgan fingerprint density at radius 1 is 1.26 bits per heavy atom. The van der Waals surface area contributed by atoms with E-state index in [4.69, 9.17) is 0 Å². The zero-order valence-electron chi connectivity index (χ0n) is 11.1. The summed E-state index contributed by atoms with van der Waals surface area (Å²) in [5, 5.41) is 3.48. The number of nitrogens with zero attached hydrogens (tertiary/aromatic N) is 1. The van der Waals surface area contributed by atoms with Crippen molar-refractivity contribution in [3.8, 4) is 0 Å². The maximum atomic E-state index is 12.9. The predicted octanol–water partition coefficient (Wildman–Crippen LogP) is 4.51. The molecule has 0 aliphatic heterocycles. The van der Waals surface area contributed by atoms with Crippen molar-refractivity contribution < 1.29 is 4.39 Å². The zero-order valence-corrected chi connectivity index (χ0v) is 11.9. The number of halogens is 1. The van der Waals surface area contributed by atoms with E-state index < -0.39 is 0 Å². The summed E-state index contributed by atoms with van der Waals surface area (Å²) in [6, 6.07) is 11.4. The quantitative estimate of drug-likeness (QED) is 0.814. The number of hydrogen-bond acceptors (Lipinski definition) is 3. The van der Waals surface area contributed by atoms with E-state index in [-0.39, 0.29) is 11.9 Å². The van der Waals surface area contributed by atoms with Gasteiger partial charge in [-0.1, -0.05) is 19.1 Å². The first-order chi connectivity index (χ1) is 9.24. The molecular weight excluding hydrogens is 259 g/mol. The number of thioether (sulfide) groups is 1. The van der Waals surface area contributed by atoms with E-state index in [0.717, 1.165) is 17.8 Å². The lowest BCUT2D eigenvalue weighted by Gasteiger charge is -2.19. The molecule has 1 heterocycles. The van der Waals surface area contributed by atoms with Crippen LogP contribution in [0.5, 0.6) is 0 Å². The van der Waals surface area contributed by atoms with E-state index >= 15 is 0 Å². The molecule has 4 heteroatoms. The lowest BCUT2D eigenvalue weighted by atomic mass is 10.1. The second-order valence-corrected chi connectivity index (χ2v) is 5.05. The molecule has 1 aromatic heterocycles. The van der Waals surface area contributed by atoms with Gasteiger partial charge >= 0.3 is 0 Å². The Labute approximate surface area is 117 Å². The smallest absolute Gasteiger partial charge is 0.141 e. The van der Waals surface area contributed by atoms with Crippen molar-refractivity contribution in [2.75, 3.05) is 11.6 Å². The standard InChI is InChI=1S/C15H17FN2S/c1-3-12(13-9-8-11(16)10-17-13)18-14-6-4-5-7-15(14)19-2/h4-10,12,18H,3H2,1-2H3. The van der Waals surface area contributed by atoms with Gasteiger partial charge < -0.3 is 5.32 Å². The van der Waals surface area contributed by atoms with Gasteiger partial charge in [-0.2, -0.15) is 0 Å². The predicted molar refractivity (Wildman–Crippen MR) is 79.1 cm³/mol. The lowest BCUT2D eigenvalue weighted by Crippen LogP contribution is -2.12. The fourth-order valence-electron chi connectivity index (χ4n) is 1.93. The topological polar surface area (TPSA) is 24.9 Å². The van der Waals surface area contributed by atoms with Crippen LogP contribution >= 0.6 is 11.8 Å². The second kappa shape index (κ2) is 6.57. The molecule has 100 valence electrons. The molecule has 0 aliphatic carbocycles. The molecule has 0 radical (unpaired) electrons. The summed E-state index contributed by atoms with van der Waals surface area (Å²) in [7, 11) is 0. The highest BCUT2D eigenvalue weighted by atomic mass is 32.2. The number of anilines is 1. The van der Waals surface area contributed by atoms with Crippen molar-refractivity contribution in [1.82, 2.24) is 4.98 Å². The molecule has 0 saturated heterocycles. The molecule has 0 aliphatic rings. The van der Waals surface area contributed by atoms with Gasteiger partial charge in [0.25, 0.3) is 0 Å². The van der Waals surface area contributed by atoms with Gasteiger partial charge in [-0.3, -0.25) is 4.98 Å². The lowest BCUT2D eigenvalue weighted by molar-refractivity contribution is 0.614. The molecule has 2 rings (SSSR count). The summed E-state index contributed by atoms with van der Waals surface area (Å²) >= 11 is 1.70. The van der Waals surface area contributed by atoms with Crippen LogP contribution in [0, 0.1) is 5.82 Å². The minimum atomic E-state index is -0.303. The van der Waals surface area contributed by atoms with Crippen molar-refractivity contribution >= 4 is 17.4 Å². The Hall–Kier alpha value is -1.55. The highest BCUT2D eigenvalue weighted by Crippen LogP contribution is 2.29. The maximum Gasteiger partial charge on any atom is 0.141 e. The van der Waals surface area contributed by atoms with Crippen LogP contribution in [0.25, 0.3) is 0 Å². The molecule has 1 unspecified atom stereocenters. The number of para-hydroxylation sites is 1. The largest absolute Gasteiger partial charge is 0.376 e. The Bertz CT molecular complexity index is 528. The van der Waals surface area contributed by atoms with E-state index in [1.165, 1.54) is 17.2 Å². The highest BCUT2D eigenvalue weighted by molar-refractivity contribution is 7.98. The third-order valence-electron chi connectivity index (χ3n) is 2.95. The van der Waals surface area contributed by atoms with E-state index in [0.29, 0.717) is 0 Å². The van der Waals surface area contributed by atoms with Gasteiger partial charge in [0.2, 0.25) is 0 Å². The Balaban J connectivity index is 2.21. The first kappa shape index (κ1) is 13.9. The van der Waals surface area contributed by atoms with Crippen LogP contribution < -0.4 is 5.32 Å². The van der Waals surface area contributed by atoms with Crippen LogP contribution in [0.4, 0.5) is 10.1 Å². The Morgan fingerprint density at radius 3 is 2.68 bits per heavy atom. The van der Waals surface area contributed by atoms with Gasteiger partial charge in [0.15, 0.2) is 0 Å². The number of pyridine rings is 1. The fourth-order valence-corrected chi connectivity index (χ4v) is 2.49. The third-order valence-corrected chi connectivity index (χ3v) is 3.75. The summed E-state index contributed by atoms with van der Waals surface area (Å²) in [6.45, 7) is 2.09. The summed E-state index contributed by atoms with van der Waals surface area (Å²) < 4.78 is 12.9. The number of aromatic nitrogens is 1. The summed E-state index contributed by atoms with van der Waals surface area (Å²) in [5.74, 6) is -0.303. The molecule has 2 aromatic rings. The molecule has 1 N–H and O–H groups in total. The number of rotatable bonds is 5. The van der Waals surface area contributed by atoms with Crippen LogP contribution in [0.2, 0.25) is 0 Å². The van der Waals surface area contributed by atoms with Gasteiger partial charge in [-0.05, 0) is 36.9 Å². The van der Waals surface area contributed by atoms with Gasteiger partial charge in [0, 0.05) is 10.6 Å². The minimum absolute atomic E-state index is 0.0916. The summed E-state index contributed by atoms with van der Waals surface area (Å²) in [6.07, 6.45) is 4.21. The molecule has 0 fully saturated rings. The Morgan fingerprint density at radius 2 is 2.05 bits per heavy atom. The first-order valence-corrected chi connectivity index (χ1v) is 7.48. The SMILES string of the molecule is CCC(Nc1ccccc1SC)c1ccc(F)cn1. The van der Waals surface area contributed by atoms with Crippen LogP contribution in [0.1, 0.15) is 25.1 Å². The van der Waals surface area contributed by atoms with Crippen LogP contribution in [-0.4, -0.2) is 11.2 Å². The molecule has 0 saturated carbocycles. The monoisotopic (exact) mass is 276 g/mol. The second-order valence-electron chi connectivity index (χ2n) is 4.21. The molecule has 2 nitrogen and oxygen atoms in total. The molecular formula is C15H17FN2S. The van der Waals surface area contributed by atoms with E-state index in [1.54, 1.807) is 17.8 Å². The van der Waals surface area contributed by atoms with Crippen molar-refractivity contribution in [3.63, 3.8) is 0 Å². The molecule has 0 spiro atoms. The van der Waals surface area contributed by atoms with Crippen molar-refractivity contribution in [2.45, 2.75) is 24.3 Å². The summed E-state index contributed by atoms with van der Waals surface area (Å²) in [4.78, 5) is 5.35. The molecule has 19 heavy (non-hydrogen) atoms. The van der Waals surface area contributed by atoms with E-state index in [9.17, 15) is 4.39 Å². The van der Waals surface area contributed by atoms with Crippen LogP contribution in [0.15, 0.2) is 47.5 Å². The van der Waals surface area contributed by atoms with Gasteiger partial charge in [-0.15, -0.1) is 11.8 Å². The minimum Gasteiger partial charge on any atom is -0.376 e. The third kappa shape index (κ3) is 3.47. The average molecular weight is 276 g/mol. The number of benzene rings is 1. The molecule has 0 amide bonds. The van der Waals surface area contributed by atoms with Crippen molar-refractivity contribution in [1.29, 1.82) is 0 Å². The molecule has 0 bridgehead atoms. The van der Waals surface area contributed by atoms with Gasteiger partial charge in [-0.25, -0.2) is 4.39 Å². The van der Waals surface area contributed by atoms with Gasteiger partial charge in [0.05, 0.1) is 17.9 Å². The fraction of sp³-hybridized carbons (Fsp3) is 0.267. The highest BCUT2D eigenvalue weighted by Gasteiger charge is 2.12. The van der Waals surface area contributed by atoms with Crippen LogP contribution in [-0.2, 0) is 0 Å². The summed E-state index contributed by atoms with van der Waals surface area (Å²) in [5.41, 5.74) is 1.95. The average Bonchev–Trinajstić information content (AvgIpc) is 2.46.